The smallest absolute Gasteiger partial charge is 0.323 e. The Kier molecular flexibility index (Phi) is 4.92. The van der Waals surface area contributed by atoms with Gasteiger partial charge < -0.3 is 16.4 Å². The maximum absolute atomic E-state index is 11.8. The summed E-state index contributed by atoms with van der Waals surface area (Å²) in [6, 6.07) is 13.0. The van der Waals surface area contributed by atoms with E-state index < -0.39 is 6.03 Å². The van der Waals surface area contributed by atoms with Crippen molar-refractivity contribution in [2.24, 2.45) is 5.73 Å². The van der Waals surface area contributed by atoms with Crippen LogP contribution in [0.3, 0.4) is 0 Å². The maximum atomic E-state index is 11.8. The third kappa shape index (κ3) is 4.30. The van der Waals surface area contributed by atoms with E-state index in [4.69, 9.17) is 17.3 Å². The average Bonchev–Trinajstić information content (AvgIpc) is 2.47. The molecule has 0 aliphatic heterocycles. The predicted molar refractivity (Wildman–Crippen MR) is 83.9 cm³/mol. The minimum atomic E-state index is -0.393. The van der Waals surface area contributed by atoms with Gasteiger partial charge in [-0.1, -0.05) is 17.7 Å². The van der Waals surface area contributed by atoms with Gasteiger partial charge in [-0.3, -0.25) is 4.79 Å². The van der Waals surface area contributed by atoms with E-state index in [1.807, 2.05) is 0 Å². The predicted octanol–water partition coefficient (Wildman–Crippen LogP) is 3.13. The number of nitrogens with one attached hydrogen (secondary N) is 2. The van der Waals surface area contributed by atoms with E-state index in [-0.39, 0.29) is 12.3 Å². The van der Waals surface area contributed by atoms with E-state index >= 15 is 0 Å². The molecule has 2 aromatic carbocycles. The lowest BCUT2D eigenvalue weighted by Crippen LogP contribution is -2.19. The fourth-order valence-electron chi connectivity index (χ4n) is 1.72. The molecule has 0 spiro atoms. The number of anilines is 2. The maximum Gasteiger partial charge on any atom is 0.323 e. The second kappa shape index (κ2) is 6.88. The zero-order chi connectivity index (χ0) is 15.2. The van der Waals surface area contributed by atoms with Gasteiger partial charge >= 0.3 is 6.03 Å². The first kappa shape index (κ1) is 15.0. The second-order valence-corrected chi connectivity index (χ2v) is 4.73. The van der Waals surface area contributed by atoms with Gasteiger partial charge in [-0.25, -0.2) is 4.79 Å². The number of hydrogen-bond acceptors (Lipinski definition) is 3. The Hall–Kier alpha value is -2.37. The van der Waals surface area contributed by atoms with Gasteiger partial charge in [-0.2, -0.15) is 0 Å². The summed E-state index contributed by atoms with van der Waals surface area (Å²) in [7, 11) is 0. The van der Waals surface area contributed by atoms with E-state index in [1.165, 1.54) is 0 Å². The lowest BCUT2D eigenvalue weighted by molar-refractivity contribution is 0.100. The normalized spacial score (nSPS) is 10.0. The largest absolute Gasteiger partial charge is 0.324 e. The Labute approximate surface area is 127 Å². The molecule has 0 aliphatic rings. The van der Waals surface area contributed by atoms with Crippen LogP contribution >= 0.6 is 11.6 Å². The van der Waals surface area contributed by atoms with Crippen molar-refractivity contribution in [2.75, 3.05) is 17.2 Å². The first-order valence-electron chi connectivity index (χ1n) is 6.25. The zero-order valence-corrected chi connectivity index (χ0v) is 11.9. The van der Waals surface area contributed by atoms with Crippen LogP contribution in [0.4, 0.5) is 16.2 Å². The molecule has 5 nitrogen and oxygen atoms in total. The summed E-state index contributed by atoms with van der Waals surface area (Å²) in [4.78, 5) is 23.2. The monoisotopic (exact) mass is 303 g/mol. The highest BCUT2D eigenvalue weighted by molar-refractivity contribution is 6.30. The summed E-state index contributed by atoms with van der Waals surface area (Å²) in [6.07, 6.45) is 0. The summed E-state index contributed by atoms with van der Waals surface area (Å²) in [5.41, 5.74) is 6.96. The highest BCUT2D eigenvalue weighted by atomic mass is 35.5. The van der Waals surface area contributed by atoms with E-state index in [2.05, 4.69) is 10.6 Å². The van der Waals surface area contributed by atoms with Crippen LogP contribution in [-0.2, 0) is 0 Å². The minimum absolute atomic E-state index is 0.0397. The first-order valence-corrected chi connectivity index (χ1v) is 6.63. The molecule has 0 radical (unpaired) electrons. The summed E-state index contributed by atoms with van der Waals surface area (Å²) in [5, 5.41) is 5.86. The van der Waals surface area contributed by atoms with Crippen LogP contribution in [0.25, 0.3) is 0 Å². The SMILES string of the molecule is NCC(=O)c1ccc(NC(=O)Nc2cccc(Cl)c2)cc1. The van der Waals surface area contributed by atoms with Crippen LogP contribution in [0.1, 0.15) is 10.4 Å². The van der Waals surface area contributed by atoms with Crippen LogP contribution in [0.5, 0.6) is 0 Å². The van der Waals surface area contributed by atoms with Crippen molar-refractivity contribution in [2.45, 2.75) is 0 Å². The molecule has 0 unspecified atom stereocenters. The number of urea groups is 1. The Morgan fingerprint density at radius 2 is 1.67 bits per heavy atom. The number of Topliss-reactive ketones (excluding diaryl/α,β-unsaturated/α-hetero) is 1. The van der Waals surface area contributed by atoms with Crippen molar-refractivity contribution in [3.8, 4) is 0 Å². The first-order chi connectivity index (χ1) is 10.1. The number of hydrogen-bond donors (Lipinski definition) is 3. The van der Waals surface area contributed by atoms with Crippen molar-refractivity contribution >= 4 is 34.8 Å². The van der Waals surface area contributed by atoms with Crippen LogP contribution in [0.15, 0.2) is 48.5 Å². The molecule has 0 saturated heterocycles. The molecule has 108 valence electrons. The van der Waals surface area contributed by atoms with E-state index in [9.17, 15) is 9.59 Å². The third-order valence-corrected chi connectivity index (χ3v) is 2.97. The van der Waals surface area contributed by atoms with Crippen LogP contribution in [0.2, 0.25) is 5.02 Å². The Balaban J connectivity index is 1.98. The van der Waals surface area contributed by atoms with E-state index in [1.54, 1.807) is 48.5 Å². The zero-order valence-electron chi connectivity index (χ0n) is 11.1. The third-order valence-electron chi connectivity index (χ3n) is 2.73. The molecular formula is C15H14ClN3O2. The molecule has 6 heteroatoms. The Bertz CT molecular complexity index is 656. The molecule has 2 rings (SSSR count). The number of nitrogens with two attached hydrogens (primary N) is 1. The molecule has 0 aromatic heterocycles. The highest BCUT2D eigenvalue weighted by Gasteiger charge is 2.05. The molecule has 0 saturated carbocycles. The van der Waals surface area contributed by atoms with Crippen LogP contribution in [-0.4, -0.2) is 18.4 Å². The highest BCUT2D eigenvalue weighted by Crippen LogP contribution is 2.15. The number of carbonyl (C=O) groups excluding carboxylic acids is 2. The molecule has 0 fully saturated rings. The van der Waals surface area contributed by atoms with Gasteiger partial charge in [0.15, 0.2) is 5.78 Å². The van der Waals surface area contributed by atoms with Crippen molar-refractivity contribution in [3.05, 3.63) is 59.1 Å². The average molecular weight is 304 g/mol. The molecule has 0 atom stereocenters. The Morgan fingerprint density at radius 1 is 1.00 bits per heavy atom. The molecule has 21 heavy (non-hydrogen) atoms. The summed E-state index contributed by atoms with van der Waals surface area (Å²) in [5.74, 6) is -0.148. The van der Waals surface area contributed by atoms with Gasteiger partial charge in [0, 0.05) is 22.0 Å². The van der Waals surface area contributed by atoms with E-state index in [0.29, 0.717) is 22.0 Å². The van der Waals surface area contributed by atoms with Crippen molar-refractivity contribution < 1.29 is 9.59 Å². The molecule has 4 N–H and O–H groups in total. The van der Waals surface area contributed by atoms with Gasteiger partial charge in [-0.05, 0) is 42.5 Å². The Morgan fingerprint density at radius 3 is 2.29 bits per heavy atom. The molecular weight excluding hydrogens is 290 g/mol. The van der Waals surface area contributed by atoms with Gasteiger partial charge in [0.05, 0.1) is 6.54 Å². The fourth-order valence-corrected chi connectivity index (χ4v) is 1.91. The second-order valence-electron chi connectivity index (χ2n) is 4.29. The molecule has 0 bridgehead atoms. The number of amides is 2. The molecule has 0 heterocycles. The van der Waals surface area contributed by atoms with Gasteiger partial charge in [0.25, 0.3) is 0 Å². The molecule has 2 amide bonds. The van der Waals surface area contributed by atoms with Crippen molar-refractivity contribution in [1.82, 2.24) is 0 Å². The minimum Gasteiger partial charge on any atom is -0.324 e. The number of carbonyl (C=O) groups is 2. The number of halogens is 1. The standard InChI is InChI=1S/C15H14ClN3O2/c16-11-2-1-3-13(8-11)19-15(21)18-12-6-4-10(5-7-12)14(20)9-17/h1-8H,9,17H2,(H2,18,19,21). The number of benzene rings is 2. The van der Waals surface area contributed by atoms with Gasteiger partial charge in [0.2, 0.25) is 0 Å². The van der Waals surface area contributed by atoms with Crippen molar-refractivity contribution in [1.29, 1.82) is 0 Å². The van der Waals surface area contributed by atoms with Crippen LogP contribution < -0.4 is 16.4 Å². The number of rotatable bonds is 4. The molecule has 2 aromatic rings. The summed E-state index contributed by atoms with van der Waals surface area (Å²) in [6.45, 7) is -0.0397. The lowest BCUT2D eigenvalue weighted by atomic mass is 10.1. The fraction of sp³-hybridized carbons (Fsp3) is 0.0667. The van der Waals surface area contributed by atoms with Crippen LogP contribution in [0, 0.1) is 0 Å². The lowest BCUT2D eigenvalue weighted by Gasteiger charge is -2.08. The van der Waals surface area contributed by atoms with Gasteiger partial charge in [0.1, 0.15) is 0 Å². The number of ketones is 1. The summed E-state index contributed by atoms with van der Waals surface area (Å²) >= 11 is 5.84. The molecule has 0 aliphatic carbocycles. The quantitative estimate of drug-likeness (QED) is 0.759. The van der Waals surface area contributed by atoms with Gasteiger partial charge in [-0.15, -0.1) is 0 Å². The van der Waals surface area contributed by atoms with E-state index in [0.717, 1.165) is 0 Å². The van der Waals surface area contributed by atoms with Crippen molar-refractivity contribution in [3.63, 3.8) is 0 Å². The summed E-state index contributed by atoms with van der Waals surface area (Å²) < 4.78 is 0. The topological polar surface area (TPSA) is 84.2 Å².